The van der Waals surface area contributed by atoms with Crippen LogP contribution in [0, 0.1) is 17.2 Å². The monoisotopic (exact) mass is 388 g/mol. The van der Waals surface area contributed by atoms with Gasteiger partial charge < -0.3 is 25.0 Å². The molecule has 3 atom stereocenters. The summed E-state index contributed by atoms with van der Waals surface area (Å²) in [4.78, 5) is 29.9. The molecule has 2 saturated carbocycles. The summed E-state index contributed by atoms with van der Waals surface area (Å²) in [6.45, 7) is 3.48. The third kappa shape index (κ3) is 2.49. The number of halogens is 1. The molecule has 148 valence electrons. The fraction of sp³-hybridized carbons (Fsp3) is 0.526. The first-order valence-corrected chi connectivity index (χ1v) is 9.43. The molecule has 9 heteroatoms. The van der Waals surface area contributed by atoms with Crippen LogP contribution in [0.5, 0.6) is 5.75 Å². The average molecular weight is 388 g/mol. The fourth-order valence-electron chi connectivity index (χ4n) is 4.86. The summed E-state index contributed by atoms with van der Waals surface area (Å²) in [6, 6.07) is 1.38. The highest BCUT2D eigenvalue weighted by Gasteiger charge is 2.55. The minimum absolute atomic E-state index is 0.0250. The summed E-state index contributed by atoms with van der Waals surface area (Å²) in [5, 5.41) is 8.90. The molecule has 0 unspecified atom stereocenters. The minimum atomic E-state index is -1.58. The van der Waals surface area contributed by atoms with Gasteiger partial charge in [-0.2, -0.15) is 0 Å². The van der Waals surface area contributed by atoms with Crippen molar-refractivity contribution in [3.8, 4) is 5.75 Å². The first-order chi connectivity index (χ1) is 13.3. The topological polar surface area (TPSA) is 111 Å². The zero-order valence-electron chi connectivity index (χ0n) is 15.4. The van der Waals surface area contributed by atoms with Crippen molar-refractivity contribution in [2.45, 2.75) is 38.3 Å². The fourth-order valence-corrected chi connectivity index (χ4v) is 4.86. The minimum Gasteiger partial charge on any atom is -0.449 e. The molecule has 3 heterocycles. The van der Waals surface area contributed by atoms with Gasteiger partial charge in [0.05, 0.1) is 11.6 Å². The van der Waals surface area contributed by atoms with Crippen LogP contribution in [0.2, 0.25) is 0 Å². The second-order valence-electron chi connectivity index (χ2n) is 8.50. The highest BCUT2D eigenvalue weighted by molar-refractivity contribution is 5.80. The zero-order valence-corrected chi connectivity index (χ0v) is 15.4. The Morgan fingerprint density at radius 3 is 2.82 bits per heavy atom. The van der Waals surface area contributed by atoms with Crippen molar-refractivity contribution in [1.29, 1.82) is 0 Å². The molecule has 1 aliphatic heterocycles. The van der Waals surface area contributed by atoms with Gasteiger partial charge in [-0.3, -0.25) is 4.79 Å². The van der Waals surface area contributed by atoms with Gasteiger partial charge in [-0.25, -0.2) is 14.2 Å². The number of hydrogen-bond donors (Lipinski definition) is 2. The lowest BCUT2D eigenvalue weighted by Gasteiger charge is -2.46. The summed E-state index contributed by atoms with van der Waals surface area (Å²) in [5.41, 5.74) is 5.86. The standard InChI is InChI=1S/C19H21FN4O4/c1-19-5-13(21)11(19)6-23(8-19)17-12(20)4-10-15(25)14(28-18(26)27)7-24(9-2-3-9)16(10)22-17/h4,7,9,11,13H,2-3,5-6,8,21H2,1H3,(H,26,27)/t11-,13+,19+/m0/s1. The molecular formula is C19H21FN4O4. The zero-order chi connectivity index (χ0) is 19.8. The van der Waals surface area contributed by atoms with Crippen LogP contribution in [0.1, 0.15) is 32.2 Å². The lowest BCUT2D eigenvalue weighted by atomic mass is 9.60. The van der Waals surface area contributed by atoms with Crippen LogP contribution in [0.25, 0.3) is 11.0 Å². The lowest BCUT2D eigenvalue weighted by molar-refractivity contribution is 0.0771. The van der Waals surface area contributed by atoms with Gasteiger partial charge in [0.2, 0.25) is 5.43 Å². The molecule has 1 saturated heterocycles. The summed E-state index contributed by atoms with van der Waals surface area (Å²) in [5.74, 6) is -0.408. The number of aromatic nitrogens is 2. The van der Waals surface area contributed by atoms with E-state index in [2.05, 4.69) is 16.6 Å². The Morgan fingerprint density at radius 1 is 1.46 bits per heavy atom. The molecule has 3 N–H and O–H groups in total. The van der Waals surface area contributed by atoms with Crippen LogP contribution < -0.4 is 20.8 Å². The molecule has 8 nitrogen and oxygen atoms in total. The van der Waals surface area contributed by atoms with E-state index in [-0.39, 0.29) is 34.5 Å². The van der Waals surface area contributed by atoms with Crippen LogP contribution >= 0.6 is 0 Å². The Labute approximate surface area is 159 Å². The van der Waals surface area contributed by atoms with Crippen molar-refractivity contribution in [3.63, 3.8) is 0 Å². The van der Waals surface area contributed by atoms with Crippen molar-refractivity contribution in [3.05, 3.63) is 28.3 Å². The molecule has 2 aromatic rings. The third-order valence-electron chi connectivity index (χ3n) is 6.43. The highest BCUT2D eigenvalue weighted by Crippen LogP contribution is 2.51. The number of anilines is 1. The lowest BCUT2D eigenvalue weighted by Crippen LogP contribution is -2.53. The molecule has 0 amide bonds. The van der Waals surface area contributed by atoms with E-state index in [1.807, 2.05) is 4.90 Å². The second kappa shape index (κ2) is 5.66. The van der Waals surface area contributed by atoms with Gasteiger partial charge in [0.15, 0.2) is 17.4 Å². The van der Waals surface area contributed by atoms with E-state index in [0.29, 0.717) is 24.7 Å². The van der Waals surface area contributed by atoms with Crippen LogP contribution in [-0.2, 0) is 0 Å². The summed E-state index contributed by atoms with van der Waals surface area (Å²) >= 11 is 0. The third-order valence-corrected chi connectivity index (χ3v) is 6.43. The first kappa shape index (κ1) is 17.4. The number of pyridine rings is 2. The number of fused-ring (bicyclic) bond motifs is 2. The van der Waals surface area contributed by atoms with Crippen LogP contribution in [0.4, 0.5) is 15.0 Å². The van der Waals surface area contributed by atoms with Gasteiger partial charge in [-0.15, -0.1) is 0 Å². The molecule has 3 fully saturated rings. The molecule has 0 bridgehead atoms. The molecule has 0 spiro atoms. The number of rotatable bonds is 3. The number of ether oxygens (including phenoxy) is 1. The molecule has 5 rings (SSSR count). The van der Waals surface area contributed by atoms with Crippen LogP contribution in [0.15, 0.2) is 17.1 Å². The predicted octanol–water partition coefficient (Wildman–Crippen LogP) is 2.10. The summed E-state index contributed by atoms with van der Waals surface area (Å²) in [7, 11) is 0. The van der Waals surface area contributed by atoms with E-state index in [1.54, 1.807) is 4.57 Å². The predicted molar refractivity (Wildman–Crippen MR) is 99.3 cm³/mol. The maximum atomic E-state index is 14.9. The normalized spacial score (nSPS) is 28.9. The largest absolute Gasteiger partial charge is 0.511 e. The number of carboxylic acid groups (broad SMARTS) is 1. The van der Waals surface area contributed by atoms with Gasteiger partial charge in [0, 0.05) is 25.2 Å². The number of carbonyl (C=O) groups is 1. The number of nitrogens with two attached hydrogens (primary N) is 1. The van der Waals surface area contributed by atoms with E-state index >= 15 is 0 Å². The van der Waals surface area contributed by atoms with Crippen LogP contribution in [0.3, 0.4) is 0 Å². The van der Waals surface area contributed by atoms with Crippen LogP contribution in [-0.4, -0.2) is 39.9 Å². The molecule has 0 aromatic carbocycles. The SMILES string of the molecule is C[C@]12C[C@@H](N)[C@@H]1CN(c1nc3c(cc1F)c(=O)c(OC(=O)O)cn3C1CC1)C2. The van der Waals surface area contributed by atoms with Gasteiger partial charge >= 0.3 is 6.16 Å². The van der Waals surface area contributed by atoms with Crippen molar-refractivity contribution >= 4 is 23.0 Å². The molecule has 2 aromatic heterocycles. The Kier molecular flexibility index (Phi) is 3.52. The van der Waals surface area contributed by atoms with E-state index in [1.165, 1.54) is 6.20 Å². The second-order valence-corrected chi connectivity index (χ2v) is 8.50. The molecule has 2 aliphatic carbocycles. The van der Waals surface area contributed by atoms with Crippen molar-refractivity contribution in [2.75, 3.05) is 18.0 Å². The van der Waals surface area contributed by atoms with Gasteiger partial charge in [0.25, 0.3) is 0 Å². The first-order valence-electron chi connectivity index (χ1n) is 9.43. The van der Waals surface area contributed by atoms with Crippen molar-refractivity contribution in [2.24, 2.45) is 17.1 Å². The summed E-state index contributed by atoms with van der Waals surface area (Å²) < 4.78 is 21.3. The van der Waals surface area contributed by atoms with Gasteiger partial charge in [-0.05, 0) is 36.7 Å². The number of hydrogen-bond acceptors (Lipinski definition) is 6. The Bertz CT molecular complexity index is 1070. The van der Waals surface area contributed by atoms with Gasteiger partial charge in [0.1, 0.15) is 5.65 Å². The highest BCUT2D eigenvalue weighted by atomic mass is 19.1. The molecular weight excluding hydrogens is 367 g/mol. The van der Waals surface area contributed by atoms with E-state index in [4.69, 9.17) is 10.8 Å². The van der Waals surface area contributed by atoms with E-state index in [9.17, 15) is 14.0 Å². The average Bonchev–Trinajstić information content (AvgIpc) is 3.41. The van der Waals surface area contributed by atoms with E-state index < -0.39 is 17.4 Å². The quantitative estimate of drug-likeness (QED) is 0.775. The maximum Gasteiger partial charge on any atom is 0.511 e. The summed E-state index contributed by atoms with van der Waals surface area (Å²) in [6.07, 6.45) is 2.47. The van der Waals surface area contributed by atoms with Crippen molar-refractivity contribution in [1.82, 2.24) is 9.55 Å². The van der Waals surface area contributed by atoms with E-state index in [0.717, 1.165) is 25.3 Å². The number of nitrogens with zero attached hydrogens (tertiary/aromatic N) is 3. The maximum absolute atomic E-state index is 14.9. The van der Waals surface area contributed by atoms with Crippen molar-refractivity contribution < 1.29 is 19.0 Å². The Morgan fingerprint density at radius 2 is 2.21 bits per heavy atom. The smallest absolute Gasteiger partial charge is 0.449 e. The molecule has 0 radical (unpaired) electrons. The molecule has 28 heavy (non-hydrogen) atoms. The Hall–Kier alpha value is -2.68. The molecule has 3 aliphatic rings. The van der Waals surface area contributed by atoms with Gasteiger partial charge in [-0.1, -0.05) is 6.92 Å². The Balaban J connectivity index is 1.63.